The van der Waals surface area contributed by atoms with E-state index in [-0.39, 0.29) is 39.2 Å². The van der Waals surface area contributed by atoms with Crippen molar-refractivity contribution in [2.45, 2.75) is 26.3 Å². The van der Waals surface area contributed by atoms with Crippen LogP contribution < -0.4 is 0 Å². The zero-order chi connectivity index (χ0) is 11.6. The van der Waals surface area contributed by atoms with E-state index in [0.717, 1.165) is 0 Å². The van der Waals surface area contributed by atoms with E-state index in [1.165, 1.54) is 0 Å². The van der Waals surface area contributed by atoms with Gasteiger partial charge >= 0.3 is 26.2 Å². The molecule has 92 valence electrons. The van der Waals surface area contributed by atoms with Crippen LogP contribution in [0.1, 0.15) is 20.8 Å². The van der Waals surface area contributed by atoms with Crippen LogP contribution in [0, 0.1) is 71.6 Å². The van der Waals surface area contributed by atoms with Gasteiger partial charge in [0.15, 0.2) is 0 Å². The second-order valence-electron chi connectivity index (χ2n) is 4.17. The Morgan fingerprint density at radius 2 is 0.647 bits per heavy atom. The van der Waals surface area contributed by atoms with Crippen molar-refractivity contribution in [3.8, 4) is 0 Å². The normalized spacial score (nSPS) is 17.6. The van der Waals surface area contributed by atoms with Gasteiger partial charge in [-0.3, -0.25) is 0 Å². The van der Waals surface area contributed by atoms with E-state index in [1.54, 1.807) is 0 Å². The van der Waals surface area contributed by atoms with Crippen molar-refractivity contribution in [2.24, 2.45) is 0 Å². The van der Waals surface area contributed by atoms with Crippen LogP contribution in [0.3, 0.4) is 0 Å². The minimum atomic E-state index is -0.250. The van der Waals surface area contributed by atoms with Crippen molar-refractivity contribution in [3.63, 3.8) is 0 Å². The SMILES string of the molecule is CC(C)(C)[NH-].[CH3-].[CH]1[CH][CH][CH][CH]1.[CH]1[CH][CH][CH][CH]1.[Zr+2]. The summed E-state index contributed by atoms with van der Waals surface area (Å²) in [6.45, 7) is 5.56. The largest absolute Gasteiger partial charge is 2.00 e. The van der Waals surface area contributed by atoms with E-state index < -0.39 is 0 Å². The molecule has 0 aromatic rings. The summed E-state index contributed by atoms with van der Waals surface area (Å²) in [7, 11) is 0. The molecule has 1 nitrogen and oxygen atoms in total. The molecule has 0 bridgehead atoms. The molecule has 0 spiro atoms. The summed E-state index contributed by atoms with van der Waals surface area (Å²) in [6.07, 6.45) is 20.0. The van der Waals surface area contributed by atoms with Crippen molar-refractivity contribution in [3.05, 3.63) is 77.4 Å². The molecule has 0 aromatic heterocycles. The standard InChI is InChI=1S/2C5H5.C4H10N.CH3.Zr/c2*1-2-4-5-3-1;1-4(2,3)5;;/h2*1-5H;5H,1-3H3;1H3;/q;;2*-1;+2. The monoisotopic (exact) mass is 307 g/mol. The molecule has 2 fully saturated rings. The van der Waals surface area contributed by atoms with Crippen LogP contribution >= 0.6 is 0 Å². The fourth-order valence-electron chi connectivity index (χ4n) is 0.642. The van der Waals surface area contributed by atoms with Crippen molar-refractivity contribution in [2.75, 3.05) is 0 Å². The van der Waals surface area contributed by atoms with Gasteiger partial charge in [0.2, 0.25) is 0 Å². The first-order chi connectivity index (χ1) is 7.00. The molecule has 0 heterocycles. The Morgan fingerprint density at radius 1 is 0.588 bits per heavy atom. The number of hydrogen-bond acceptors (Lipinski definition) is 0. The summed E-state index contributed by atoms with van der Waals surface area (Å²) in [5.74, 6) is 0. The maximum atomic E-state index is 6.94. The smallest absolute Gasteiger partial charge is 0.673 e. The zero-order valence-electron chi connectivity index (χ0n) is 11.3. The Labute approximate surface area is 129 Å². The molecule has 2 rings (SSSR count). The Hall–Kier alpha value is 0.843. The molecule has 10 radical (unpaired) electrons. The topological polar surface area (TPSA) is 23.8 Å². The van der Waals surface area contributed by atoms with Crippen molar-refractivity contribution in [1.82, 2.24) is 0 Å². The Bertz CT molecular complexity index is 90.2. The predicted octanol–water partition coefficient (Wildman–Crippen LogP) is 4.33. The van der Waals surface area contributed by atoms with Gasteiger partial charge in [-0.25, -0.2) is 0 Å². The van der Waals surface area contributed by atoms with E-state index >= 15 is 0 Å². The van der Waals surface area contributed by atoms with Gasteiger partial charge in [-0.15, -0.1) is 5.54 Å². The van der Waals surface area contributed by atoms with E-state index in [2.05, 4.69) is 0 Å². The maximum Gasteiger partial charge on any atom is 2.00 e. The van der Waals surface area contributed by atoms with Crippen LogP contribution in [0.5, 0.6) is 0 Å². The van der Waals surface area contributed by atoms with Gasteiger partial charge < -0.3 is 13.2 Å². The fourth-order valence-corrected chi connectivity index (χ4v) is 0.642. The zero-order valence-corrected chi connectivity index (χ0v) is 13.7. The number of rotatable bonds is 0. The fraction of sp³-hybridized carbons (Fsp3) is 0.267. The summed E-state index contributed by atoms with van der Waals surface area (Å²) >= 11 is 0. The summed E-state index contributed by atoms with van der Waals surface area (Å²) in [4.78, 5) is 0. The number of nitrogens with one attached hydrogen (secondary N) is 1. The third-order valence-corrected chi connectivity index (χ3v) is 1.11. The summed E-state index contributed by atoms with van der Waals surface area (Å²) < 4.78 is 0. The molecule has 0 atom stereocenters. The molecule has 0 aliphatic heterocycles. The van der Waals surface area contributed by atoms with E-state index in [1.807, 2.05) is 85.0 Å². The Morgan fingerprint density at radius 3 is 0.706 bits per heavy atom. The van der Waals surface area contributed by atoms with Gasteiger partial charge in [-0.2, -0.15) is 0 Å². The predicted molar refractivity (Wildman–Crippen MR) is 73.5 cm³/mol. The number of hydrogen-bond donors (Lipinski definition) is 0. The minimum absolute atomic E-state index is 0. The molecule has 2 heteroatoms. The first-order valence-electron chi connectivity index (χ1n) is 5.08. The van der Waals surface area contributed by atoms with Crippen LogP contribution in [0.25, 0.3) is 5.73 Å². The third kappa shape index (κ3) is 31.6. The average Bonchev–Trinajstić information content (AvgIpc) is 2.81. The molecule has 2 saturated carbocycles. The maximum absolute atomic E-state index is 6.94. The molecule has 0 unspecified atom stereocenters. The second kappa shape index (κ2) is 14.9. The molecule has 17 heavy (non-hydrogen) atoms. The van der Waals surface area contributed by atoms with E-state index in [4.69, 9.17) is 5.73 Å². The quantitative estimate of drug-likeness (QED) is 0.595. The van der Waals surface area contributed by atoms with Crippen molar-refractivity contribution >= 4 is 0 Å². The second-order valence-corrected chi connectivity index (χ2v) is 4.17. The van der Waals surface area contributed by atoms with Gasteiger partial charge in [0.1, 0.15) is 0 Å². The summed E-state index contributed by atoms with van der Waals surface area (Å²) in [5, 5.41) is 0. The minimum Gasteiger partial charge on any atom is -0.673 e. The molecule has 2 aliphatic rings. The van der Waals surface area contributed by atoms with Crippen LogP contribution in [0.4, 0.5) is 0 Å². The van der Waals surface area contributed by atoms with Crippen molar-refractivity contribution < 1.29 is 26.2 Å². The molecule has 1 N–H and O–H groups in total. The molecular weight excluding hydrogens is 285 g/mol. The molecule has 0 saturated heterocycles. The first-order valence-corrected chi connectivity index (χ1v) is 5.08. The molecule has 2 aliphatic carbocycles. The summed E-state index contributed by atoms with van der Waals surface area (Å²) in [6, 6.07) is 0. The Balaban J connectivity index is -0.000000163. The molecule has 0 aromatic carbocycles. The average molecular weight is 309 g/mol. The molecular formula is C15H23NZr. The van der Waals surface area contributed by atoms with Gasteiger partial charge in [0.05, 0.1) is 0 Å². The van der Waals surface area contributed by atoms with Crippen LogP contribution in [-0.2, 0) is 26.2 Å². The van der Waals surface area contributed by atoms with Gasteiger partial charge in [0.25, 0.3) is 0 Å². The Kier molecular flexibility index (Phi) is 20.1. The van der Waals surface area contributed by atoms with Crippen LogP contribution in [0.15, 0.2) is 0 Å². The van der Waals surface area contributed by atoms with Gasteiger partial charge in [-0.05, 0) is 64.2 Å². The van der Waals surface area contributed by atoms with Crippen molar-refractivity contribution in [1.29, 1.82) is 0 Å². The van der Waals surface area contributed by atoms with Crippen LogP contribution in [-0.4, -0.2) is 5.54 Å². The van der Waals surface area contributed by atoms with Gasteiger partial charge in [0, 0.05) is 0 Å². The first kappa shape index (κ1) is 23.0. The third-order valence-electron chi connectivity index (χ3n) is 1.11. The summed E-state index contributed by atoms with van der Waals surface area (Å²) in [5.41, 5.74) is 6.69. The van der Waals surface area contributed by atoms with E-state index in [0.29, 0.717) is 0 Å². The van der Waals surface area contributed by atoms with Gasteiger partial charge in [-0.1, -0.05) is 20.8 Å². The van der Waals surface area contributed by atoms with Crippen LogP contribution in [0.2, 0.25) is 0 Å². The molecule has 0 amide bonds. The van der Waals surface area contributed by atoms with E-state index in [9.17, 15) is 0 Å².